The lowest BCUT2D eigenvalue weighted by molar-refractivity contribution is 0.0212. The highest BCUT2D eigenvalue weighted by Gasteiger charge is 2.49. The Labute approximate surface area is 162 Å². The van der Waals surface area contributed by atoms with Gasteiger partial charge in [0.05, 0.1) is 28.9 Å². The van der Waals surface area contributed by atoms with Crippen LogP contribution in [-0.4, -0.2) is 13.1 Å². The van der Waals surface area contributed by atoms with Gasteiger partial charge in [0.1, 0.15) is 5.75 Å². The van der Waals surface area contributed by atoms with E-state index in [1.807, 2.05) is 55.5 Å². The maximum absolute atomic E-state index is 12.7. The largest absolute Gasteiger partial charge is 0.495 e. The predicted molar refractivity (Wildman–Crippen MR) is 105 cm³/mol. The second-order valence-corrected chi connectivity index (χ2v) is 6.83. The first-order valence-electron chi connectivity index (χ1n) is 8.56. The van der Waals surface area contributed by atoms with Crippen LogP contribution in [0.25, 0.3) is 0 Å². The zero-order valence-corrected chi connectivity index (χ0v) is 15.7. The molecule has 136 valence electrons. The Morgan fingerprint density at radius 1 is 1.00 bits per heavy atom. The molecule has 4 nitrogen and oxygen atoms in total. The van der Waals surface area contributed by atoms with Gasteiger partial charge in [-0.25, -0.2) is 4.79 Å². The summed E-state index contributed by atoms with van der Waals surface area (Å²) in [7, 11) is 1.60. The molecule has 0 bridgehead atoms. The summed E-state index contributed by atoms with van der Waals surface area (Å²) in [5, 5.41) is 3.84. The molecule has 0 aromatic heterocycles. The third-order valence-corrected chi connectivity index (χ3v) is 5.02. The molecule has 1 atom stereocenters. The van der Waals surface area contributed by atoms with E-state index in [4.69, 9.17) is 21.1 Å². The van der Waals surface area contributed by atoms with E-state index >= 15 is 0 Å². The number of cyclic esters (lactones) is 1. The van der Waals surface area contributed by atoms with Gasteiger partial charge < -0.3 is 14.8 Å². The van der Waals surface area contributed by atoms with Gasteiger partial charge in [0.2, 0.25) is 5.72 Å². The molecule has 5 heteroatoms. The van der Waals surface area contributed by atoms with Crippen LogP contribution in [0.15, 0.2) is 66.7 Å². The maximum Gasteiger partial charge on any atom is 0.341 e. The molecule has 3 aromatic rings. The van der Waals surface area contributed by atoms with Crippen molar-refractivity contribution >= 4 is 23.3 Å². The number of hydrogen-bond acceptors (Lipinski definition) is 4. The summed E-state index contributed by atoms with van der Waals surface area (Å²) in [5.74, 6) is 0.219. The van der Waals surface area contributed by atoms with Crippen molar-refractivity contribution in [1.82, 2.24) is 0 Å². The molecular weight excluding hydrogens is 362 g/mol. The average Bonchev–Trinajstić information content (AvgIpc) is 2.97. The second kappa shape index (κ2) is 6.63. The van der Waals surface area contributed by atoms with Crippen molar-refractivity contribution in [3.8, 4) is 5.75 Å². The molecule has 1 N–H and O–H groups in total. The molecule has 0 amide bonds. The number of rotatable bonds is 4. The molecule has 1 unspecified atom stereocenters. The number of nitrogens with one attached hydrogen (secondary N) is 1. The Morgan fingerprint density at radius 2 is 1.74 bits per heavy atom. The van der Waals surface area contributed by atoms with Gasteiger partial charge in [0.15, 0.2) is 0 Å². The second-order valence-electron chi connectivity index (χ2n) is 6.42. The Bertz CT molecular complexity index is 1020. The maximum atomic E-state index is 12.7. The Hall–Kier alpha value is -2.98. The quantitative estimate of drug-likeness (QED) is 0.637. The minimum Gasteiger partial charge on any atom is -0.495 e. The molecule has 0 saturated heterocycles. The first-order chi connectivity index (χ1) is 13.0. The first-order valence-corrected chi connectivity index (χ1v) is 8.93. The number of carbonyl (C=O) groups is 1. The standard InChI is InChI=1S/C22H18ClNO3/c1-14-10-12-15(13-11-14)22(24-18-8-3-4-9-19(18)26-2)20-16(21(25)27-22)6-5-7-17(20)23/h3-13,24H,1-2H3. The van der Waals surface area contributed by atoms with Gasteiger partial charge in [-0.3, -0.25) is 0 Å². The van der Waals surface area contributed by atoms with Crippen molar-refractivity contribution in [3.05, 3.63) is 94.0 Å². The minimum absolute atomic E-state index is 0.421. The summed E-state index contributed by atoms with van der Waals surface area (Å²) in [6.45, 7) is 2.01. The molecular formula is C22H18ClNO3. The van der Waals surface area contributed by atoms with Crippen molar-refractivity contribution in [2.45, 2.75) is 12.6 Å². The van der Waals surface area contributed by atoms with E-state index in [2.05, 4.69) is 5.32 Å². The van der Waals surface area contributed by atoms with Crippen LogP contribution in [0, 0.1) is 6.92 Å². The van der Waals surface area contributed by atoms with E-state index in [9.17, 15) is 4.79 Å². The van der Waals surface area contributed by atoms with E-state index in [1.54, 1.807) is 25.3 Å². The number of para-hydroxylation sites is 2. The van der Waals surface area contributed by atoms with Crippen LogP contribution in [0.5, 0.6) is 5.75 Å². The molecule has 0 spiro atoms. The smallest absolute Gasteiger partial charge is 0.341 e. The number of fused-ring (bicyclic) bond motifs is 1. The van der Waals surface area contributed by atoms with E-state index in [0.717, 1.165) is 11.1 Å². The van der Waals surface area contributed by atoms with Crippen molar-refractivity contribution < 1.29 is 14.3 Å². The Morgan fingerprint density at radius 3 is 2.48 bits per heavy atom. The topological polar surface area (TPSA) is 47.6 Å². The van der Waals surface area contributed by atoms with Crippen LogP contribution in [0.3, 0.4) is 0 Å². The number of anilines is 1. The molecule has 27 heavy (non-hydrogen) atoms. The van der Waals surface area contributed by atoms with Crippen LogP contribution in [-0.2, 0) is 10.5 Å². The SMILES string of the molecule is COc1ccccc1NC1(c2ccc(C)cc2)OC(=O)c2cccc(Cl)c21. The number of methoxy groups -OCH3 is 1. The normalized spacial score (nSPS) is 18.0. The molecule has 4 rings (SSSR count). The summed E-state index contributed by atoms with van der Waals surface area (Å²) in [5.41, 5.74) is 2.39. The van der Waals surface area contributed by atoms with Crippen molar-refractivity contribution in [2.75, 3.05) is 12.4 Å². The number of benzene rings is 3. The van der Waals surface area contributed by atoms with Gasteiger partial charge in [-0.15, -0.1) is 0 Å². The van der Waals surface area contributed by atoms with Crippen LogP contribution in [0.1, 0.15) is 27.0 Å². The molecule has 0 radical (unpaired) electrons. The lowest BCUT2D eigenvalue weighted by Gasteiger charge is -2.32. The molecule has 1 aliphatic rings. The highest BCUT2D eigenvalue weighted by atomic mass is 35.5. The predicted octanol–water partition coefficient (Wildman–Crippen LogP) is 5.14. The van der Waals surface area contributed by atoms with Crippen molar-refractivity contribution in [3.63, 3.8) is 0 Å². The van der Waals surface area contributed by atoms with Gasteiger partial charge in [-0.2, -0.15) is 0 Å². The van der Waals surface area contributed by atoms with Gasteiger partial charge in [0, 0.05) is 5.56 Å². The zero-order valence-electron chi connectivity index (χ0n) is 15.0. The van der Waals surface area contributed by atoms with E-state index in [0.29, 0.717) is 27.6 Å². The van der Waals surface area contributed by atoms with Crippen LogP contribution < -0.4 is 10.1 Å². The van der Waals surface area contributed by atoms with Gasteiger partial charge in [-0.1, -0.05) is 59.6 Å². The summed E-state index contributed by atoms with van der Waals surface area (Å²) in [4.78, 5) is 12.7. The van der Waals surface area contributed by atoms with Crippen LogP contribution in [0.2, 0.25) is 5.02 Å². The summed E-state index contributed by atoms with van der Waals surface area (Å²) in [6, 6.07) is 20.5. The van der Waals surface area contributed by atoms with Gasteiger partial charge in [-0.05, 0) is 31.2 Å². The Kier molecular flexibility index (Phi) is 4.28. The molecule has 1 aliphatic heterocycles. The number of aryl methyl sites for hydroxylation is 1. The molecule has 0 fully saturated rings. The van der Waals surface area contributed by atoms with Gasteiger partial charge in [0.25, 0.3) is 0 Å². The summed E-state index contributed by atoms with van der Waals surface area (Å²) < 4.78 is 11.4. The fourth-order valence-corrected chi connectivity index (χ4v) is 3.69. The van der Waals surface area contributed by atoms with E-state index in [-0.39, 0.29) is 0 Å². The molecule has 3 aromatic carbocycles. The third-order valence-electron chi connectivity index (χ3n) is 4.71. The van der Waals surface area contributed by atoms with Crippen LogP contribution in [0.4, 0.5) is 5.69 Å². The van der Waals surface area contributed by atoms with E-state index < -0.39 is 11.7 Å². The lowest BCUT2D eigenvalue weighted by atomic mass is 9.91. The number of halogens is 1. The summed E-state index contributed by atoms with van der Waals surface area (Å²) in [6.07, 6.45) is 0. The average molecular weight is 380 g/mol. The monoisotopic (exact) mass is 379 g/mol. The number of carbonyl (C=O) groups excluding carboxylic acids is 1. The highest BCUT2D eigenvalue weighted by Crippen LogP contribution is 2.46. The minimum atomic E-state index is -1.24. The van der Waals surface area contributed by atoms with Crippen molar-refractivity contribution in [1.29, 1.82) is 0 Å². The zero-order chi connectivity index (χ0) is 19.0. The lowest BCUT2D eigenvalue weighted by Crippen LogP contribution is -2.37. The van der Waals surface area contributed by atoms with Crippen LogP contribution >= 0.6 is 11.6 Å². The molecule has 0 saturated carbocycles. The summed E-state index contributed by atoms with van der Waals surface area (Å²) >= 11 is 6.54. The fourth-order valence-electron chi connectivity index (χ4n) is 3.39. The number of ether oxygens (including phenoxy) is 2. The number of esters is 1. The molecule has 1 heterocycles. The third kappa shape index (κ3) is 2.82. The molecule has 0 aliphatic carbocycles. The Balaban J connectivity index is 1.96. The number of hydrogen-bond donors (Lipinski definition) is 1. The van der Waals surface area contributed by atoms with Gasteiger partial charge >= 0.3 is 5.97 Å². The highest BCUT2D eigenvalue weighted by molar-refractivity contribution is 6.32. The van der Waals surface area contributed by atoms with E-state index in [1.165, 1.54) is 0 Å². The first kappa shape index (κ1) is 17.4. The van der Waals surface area contributed by atoms with Crippen molar-refractivity contribution in [2.24, 2.45) is 0 Å². The fraction of sp³-hybridized carbons (Fsp3) is 0.136.